The predicted molar refractivity (Wildman–Crippen MR) is 107 cm³/mol. The van der Waals surface area contributed by atoms with E-state index in [-0.39, 0.29) is 24.2 Å². The first-order valence-electron chi connectivity index (χ1n) is 9.74. The summed E-state index contributed by atoms with van der Waals surface area (Å²) in [6.07, 6.45) is 5.42. The summed E-state index contributed by atoms with van der Waals surface area (Å²) in [6.45, 7) is 6.82. The molecule has 0 bridgehead atoms. The van der Waals surface area contributed by atoms with Crippen molar-refractivity contribution < 1.29 is 9.53 Å². The number of amides is 1. The van der Waals surface area contributed by atoms with Crippen LogP contribution in [0.15, 0.2) is 24.3 Å². The van der Waals surface area contributed by atoms with E-state index in [9.17, 15) is 4.79 Å². The van der Waals surface area contributed by atoms with Gasteiger partial charge in [0.25, 0.3) is 0 Å². The van der Waals surface area contributed by atoms with Gasteiger partial charge in [0.2, 0.25) is 5.91 Å². The van der Waals surface area contributed by atoms with Gasteiger partial charge in [-0.25, -0.2) is 0 Å². The highest BCUT2D eigenvalue weighted by Crippen LogP contribution is 2.14. The normalized spacial score (nSPS) is 18.3. The van der Waals surface area contributed by atoms with Crippen LogP contribution in [0.3, 0.4) is 0 Å². The first-order chi connectivity index (χ1) is 12.3. The van der Waals surface area contributed by atoms with Crippen molar-refractivity contribution >= 4 is 18.3 Å². The first-order valence-corrected chi connectivity index (χ1v) is 9.74. The molecule has 3 rings (SSSR count). The molecule has 0 aliphatic carbocycles. The van der Waals surface area contributed by atoms with Crippen molar-refractivity contribution in [2.24, 2.45) is 5.92 Å². The molecule has 26 heavy (non-hydrogen) atoms. The predicted octanol–water partition coefficient (Wildman–Crippen LogP) is 2.24. The van der Waals surface area contributed by atoms with Gasteiger partial charge in [-0.05, 0) is 76.0 Å². The fraction of sp³-hybridized carbons (Fsp3) is 0.650. The van der Waals surface area contributed by atoms with Gasteiger partial charge >= 0.3 is 0 Å². The van der Waals surface area contributed by atoms with Crippen molar-refractivity contribution in [1.82, 2.24) is 15.5 Å². The van der Waals surface area contributed by atoms with Gasteiger partial charge in [-0.15, -0.1) is 12.4 Å². The fourth-order valence-electron chi connectivity index (χ4n) is 3.61. The number of halogens is 1. The molecule has 2 fully saturated rings. The van der Waals surface area contributed by atoms with Crippen molar-refractivity contribution in [2.75, 3.05) is 45.9 Å². The molecule has 2 aliphatic rings. The number of nitrogens with zero attached hydrogens (tertiary/aromatic N) is 1. The SMILES string of the molecule is Cl.O=C(NCCc1ccc(OCCN2CCCC2)cc1)C1CCNCC1. The van der Waals surface area contributed by atoms with E-state index in [1.807, 2.05) is 12.1 Å². The average Bonchev–Trinajstić information content (AvgIpc) is 3.17. The van der Waals surface area contributed by atoms with Crippen LogP contribution in [-0.2, 0) is 11.2 Å². The summed E-state index contributed by atoms with van der Waals surface area (Å²) >= 11 is 0. The van der Waals surface area contributed by atoms with Gasteiger partial charge in [-0.1, -0.05) is 12.1 Å². The number of hydrogen-bond acceptors (Lipinski definition) is 4. The Kier molecular flexibility index (Phi) is 9.23. The number of hydrogen-bond donors (Lipinski definition) is 2. The summed E-state index contributed by atoms with van der Waals surface area (Å²) in [5, 5.41) is 6.37. The summed E-state index contributed by atoms with van der Waals surface area (Å²) in [4.78, 5) is 14.6. The lowest BCUT2D eigenvalue weighted by molar-refractivity contribution is -0.125. The van der Waals surface area contributed by atoms with Crippen LogP contribution in [0, 0.1) is 5.92 Å². The van der Waals surface area contributed by atoms with E-state index in [4.69, 9.17) is 4.74 Å². The molecule has 6 heteroatoms. The smallest absolute Gasteiger partial charge is 0.223 e. The Bertz CT molecular complexity index is 526. The zero-order chi connectivity index (χ0) is 17.3. The maximum Gasteiger partial charge on any atom is 0.223 e. The second-order valence-corrected chi connectivity index (χ2v) is 7.11. The number of nitrogens with one attached hydrogen (secondary N) is 2. The highest BCUT2D eigenvalue weighted by atomic mass is 35.5. The van der Waals surface area contributed by atoms with Gasteiger partial charge in [0.15, 0.2) is 0 Å². The minimum absolute atomic E-state index is 0. The number of ether oxygens (including phenoxy) is 1. The summed E-state index contributed by atoms with van der Waals surface area (Å²) in [7, 11) is 0. The topological polar surface area (TPSA) is 53.6 Å². The summed E-state index contributed by atoms with van der Waals surface area (Å²) in [5.41, 5.74) is 1.23. The average molecular weight is 382 g/mol. The minimum atomic E-state index is 0. The van der Waals surface area contributed by atoms with Crippen molar-refractivity contribution in [3.05, 3.63) is 29.8 Å². The van der Waals surface area contributed by atoms with Gasteiger partial charge < -0.3 is 15.4 Å². The number of benzene rings is 1. The molecule has 0 saturated carbocycles. The Morgan fingerprint density at radius 3 is 2.54 bits per heavy atom. The van der Waals surface area contributed by atoms with Crippen LogP contribution in [0.25, 0.3) is 0 Å². The summed E-state index contributed by atoms with van der Waals surface area (Å²) in [5.74, 6) is 1.33. The van der Waals surface area contributed by atoms with E-state index in [0.717, 1.165) is 51.3 Å². The Balaban J connectivity index is 0.00000243. The largest absolute Gasteiger partial charge is 0.492 e. The maximum atomic E-state index is 12.1. The molecule has 0 spiro atoms. The molecular weight excluding hydrogens is 350 g/mol. The van der Waals surface area contributed by atoms with Crippen LogP contribution in [0.2, 0.25) is 0 Å². The molecular formula is C20H32ClN3O2. The van der Waals surface area contributed by atoms with E-state index in [2.05, 4.69) is 27.7 Å². The third-order valence-corrected chi connectivity index (χ3v) is 5.22. The third-order valence-electron chi connectivity index (χ3n) is 5.22. The van der Waals surface area contributed by atoms with Crippen LogP contribution in [-0.4, -0.2) is 56.7 Å². The van der Waals surface area contributed by atoms with Gasteiger partial charge in [0.1, 0.15) is 12.4 Å². The van der Waals surface area contributed by atoms with Crippen molar-refractivity contribution in [3.63, 3.8) is 0 Å². The first kappa shape index (κ1) is 21.0. The standard InChI is InChI=1S/C20H31N3O2.ClH/c24-20(18-8-10-21-11-9-18)22-12-7-17-3-5-19(6-4-17)25-16-15-23-13-1-2-14-23;/h3-6,18,21H,1-2,7-16H2,(H,22,24);1H. The van der Waals surface area contributed by atoms with Crippen LogP contribution >= 0.6 is 12.4 Å². The Morgan fingerprint density at radius 2 is 1.85 bits per heavy atom. The monoisotopic (exact) mass is 381 g/mol. The zero-order valence-electron chi connectivity index (χ0n) is 15.5. The lowest BCUT2D eigenvalue weighted by Crippen LogP contribution is -2.38. The molecule has 2 aliphatic heterocycles. The highest BCUT2D eigenvalue weighted by Gasteiger charge is 2.20. The number of carbonyl (C=O) groups excluding carboxylic acids is 1. The maximum absolute atomic E-state index is 12.1. The van der Waals surface area contributed by atoms with Gasteiger partial charge in [-0.2, -0.15) is 0 Å². The minimum Gasteiger partial charge on any atom is -0.492 e. The Labute approximate surface area is 163 Å². The van der Waals surface area contributed by atoms with Crippen LogP contribution < -0.4 is 15.4 Å². The second-order valence-electron chi connectivity index (χ2n) is 7.11. The molecule has 0 unspecified atom stereocenters. The Hall–Kier alpha value is -1.30. The van der Waals surface area contributed by atoms with Crippen LogP contribution in [0.4, 0.5) is 0 Å². The quantitative estimate of drug-likeness (QED) is 0.725. The lowest BCUT2D eigenvalue weighted by Gasteiger charge is -2.21. The lowest BCUT2D eigenvalue weighted by atomic mass is 9.97. The molecule has 2 saturated heterocycles. The van der Waals surface area contributed by atoms with Gasteiger partial charge in [0, 0.05) is 19.0 Å². The van der Waals surface area contributed by atoms with E-state index in [1.54, 1.807) is 0 Å². The van der Waals surface area contributed by atoms with E-state index in [0.29, 0.717) is 6.54 Å². The van der Waals surface area contributed by atoms with Crippen molar-refractivity contribution in [1.29, 1.82) is 0 Å². The molecule has 2 heterocycles. The molecule has 5 nitrogen and oxygen atoms in total. The van der Waals surface area contributed by atoms with Crippen LogP contribution in [0.5, 0.6) is 5.75 Å². The molecule has 1 aromatic rings. The molecule has 0 radical (unpaired) electrons. The molecule has 2 N–H and O–H groups in total. The highest BCUT2D eigenvalue weighted by molar-refractivity contribution is 5.85. The zero-order valence-corrected chi connectivity index (χ0v) is 16.4. The van der Waals surface area contributed by atoms with Gasteiger partial charge in [0.05, 0.1) is 0 Å². The molecule has 0 atom stereocenters. The van der Waals surface area contributed by atoms with Crippen molar-refractivity contribution in [2.45, 2.75) is 32.1 Å². The number of likely N-dealkylation sites (tertiary alicyclic amines) is 1. The second kappa shape index (κ2) is 11.4. The van der Waals surface area contributed by atoms with Gasteiger partial charge in [-0.3, -0.25) is 9.69 Å². The fourth-order valence-corrected chi connectivity index (χ4v) is 3.61. The summed E-state index contributed by atoms with van der Waals surface area (Å²) in [6, 6.07) is 8.27. The Morgan fingerprint density at radius 1 is 1.15 bits per heavy atom. The van der Waals surface area contributed by atoms with E-state index < -0.39 is 0 Å². The van der Waals surface area contributed by atoms with Crippen molar-refractivity contribution in [3.8, 4) is 5.75 Å². The van der Waals surface area contributed by atoms with E-state index >= 15 is 0 Å². The number of piperidine rings is 1. The molecule has 0 aromatic heterocycles. The molecule has 146 valence electrons. The number of rotatable bonds is 8. The third kappa shape index (κ3) is 6.78. The number of carbonyl (C=O) groups is 1. The molecule has 1 amide bonds. The molecule has 1 aromatic carbocycles. The van der Waals surface area contributed by atoms with Crippen LogP contribution in [0.1, 0.15) is 31.2 Å². The summed E-state index contributed by atoms with van der Waals surface area (Å²) < 4.78 is 5.83. The van der Waals surface area contributed by atoms with E-state index in [1.165, 1.54) is 31.5 Å².